The molecule has 5 N–H and O–H groups in total. The van der Waals surface area contributed by atoms with Gasteiger partial charge in [0.15, 0.2) is 0 Å². The molecule has 0 spiro atoms. The predicted molar refractivity (Wildman–Crippen MR) is 63.6 cm³/mol. The molecule has 0 unspecified atom stereocenters. The lowest BCUT2D eigenvalue weighted by molar-refractivity contribution is -0.136. The van der Waals surface area contributed by atoms with Crippen LogP contribution in [0.25, 0.3) is 0 Å². The number of benzene rings is 1. The Bertz CT molecular complexity index is 454. The second kappa shape index (κ2) is 7.00. The molecule has 7 heteroatoms. The monoisotopic (exact) mass is 260 g/mol. The van der Waals surface area contributed by atoms with Gasteiger partial charge in [-0.3, -0.25) is 4.79 Å². The number of sulfonamides is 1. The number of carbonyl (C=O) groups is 1. The highest BCUT2D eigenvalue weighted by molar-refractivity contribution is 7.89. The second-order valence-corrected chi connectivity index (χ2v) is 4.70. The smallest absolute Gasteiger partial charge is 0.303 e. The van der Waals surface area contributed by atoms with Crippen molar-refractivity contribution in [3.05, 3.63) is 29.8 Å². The van der Waals surface area contributed by atoms with Crippen molar-refractivity contribution in [3.8, 4) is 0 Å². The molecular formula is C10H16N2O4S. The van der Waals surface area contributed by atoms with Gasteiger partial charge in [-0.05, 0) is 17.7 Å². The third kappa shape index (κ3) is 6.67. The van der Waals surface area contributed by atoms with Crippen LogP contribution in [0.15, 0.2) is 29.2 Å². The third-order valence-corrected chi connectivity index (χ3v) is 2.72. The van der Waals surface area contributed by atoms with E-state index in [-0.39, 0.29) is 11.3 Å². The Labute approximate surface area is 100 Å². The van der Waals surface area contributed by atoms with Gasteiger partial charge in [0.2, 0.25) is 10.0 Å². The van der Waals surface area contributed by atoms with Crippen LogP contribution in [0.5, 0.6) is 0 Å². The van der Waals surface area contributed by atoms with Gasteiger partial charge in [-0.15, -0.1) is 0 Å². The largest absolute Gasteiger partial charge is 0.481 e. The Morgan fingerprint density at radius 3 is 1.94 bits per heavy atom. The average molecular weight is 260 g/mol. The van der Waals surface area contributed by atoms with Gasteiger partial charge in [0.25, 0.3) is 0 Å². The van der Waals surface area contributed by atoms with E-state index in [0.717, 1.165) is 5.56 Å². The van der Waals surface area contributed by atoms with Gasteiger partial charge in [0.05, 0.1) is 4.90 Å². The van der Waals surface area contributed by atoms with Crippen LogP contribution in [0, 0.1) is 0 Å². The lowest BCUT2D eigenvalue weighted by Gasteiger charge is -1.98. The number of carboxylic acid groups (broad SMARTS) is 1. The van der Waals surface area contributed by atoms with Crippen LogP contribution in [-0.4, -0.2) is 19.5 Å². The summed E-state index contributed by atoms with van der Waals surface area (Å²) in [5, 5.41) is 12.6. The van der Waals surface area contributed by atoms with E-state index in [9.17, 15) is 13.2 Å². The molecule has 0 bridgehead atoms. The molecule has 0 atom stereocenters. The molecule has 0 saturated heterocycles. The van der Waals surface area contributed by atoms with E-state index >= 15 is 0 Å². The Morgan fingerprint density at radius 2 is 1.71 bits per heavy atom. The fourth-order valence-corrected chi connectivity index (χ4v) is 1.33. The van der Waals surface area contributed by atoms with E-state index in [1.807, 2.05) is 0 Å². The summed E-state index contributed by atoms with van der Waals surface area (Å²) >= 11 is 0. The van der Waals surface area contributed by atoms with Crippen molar-refractivity contribution >= 4 is 16.0 Å². The summed E-state index contributed by atoms with van der Waals surface area (Å²) in [6.07, 6.45) is 0.222. The zero-order valence-electron chi connectivity index (χ0n) is 9.46. The number of carboxylic acids is 1. The third-order valence-electron chi connectivity index (χ3n) is 1.79. The SMILES string of the molecule is CCC(=O)O.NCc1ccc(S(N)(=O)=O)cc1. The molecule has 0 amide bonds. The minimum atomic E-state index is -3.57. The first kappa shape index (κ1) is 15.6. The summed E-state index contributed by atoms with van der Waals surface area (Å²) in [5.41, 5.74) is 6.21. The Balaban J connectivity index is 0.000000437. The lowest BCUT2D eigenvalue weighted by atomic mass is 10.2. The molecule has 0 aliphatic heterocycles. The van der Waals surface area contributed by atoms with Gasteiger partial charge in [-0.1, -0.05) is 19.1 Å². The Morgan fingerprint density at radius 1 is 1.29 bits per heavy atom. The quantitative estimate of drug-likeness (QED) is 0.719. The molecule has 0 fully saturated rings. The molecule has 0 heterocycles. The fraction of sp³-hybridized carbons (Fsp3) is 0.300. The predicted octanol–water partition coefficient (Wildman–Crippen LogP) is 0.274. The molecule has 1 aromatic rings. The molecule has 1 rings (SSSR count). The van der Waals surface area contributed by atoms with Crippen LogP contribution >= 0.6 is 0 Å². The van der Waals surface area contributed by atoms with Crippen LogP contribution in [0.2, 0.25) is 0 Å². The van der Waals surface area contributed by atoms with Gasteiger partial charge in [0, 0.05) is 13.0 Å². The topological polar surface area (TPSA) is 123 Å². The summed E-state index contributed by atoms with van der Waals surface area (Å²) in [4.78, 5) is 9.48. The zero-order chi connectivity index (χ0) is 13.5. The summed E-state index contributed by atoms with van der Waals surface area (Å²) in [7, 11) is -3.57. The number of hydrogen-bond donors (Lipinski definition) is 3. The van der Waals surface area contributed by atoms with Crippen molar-refractivity contribution in [3.63, 3.8) is 0 Å². The van der Waals surface area contributed by atoms with E-state index in [0.29, 0.717) is 6.54 Å². The molecule has 0 saturated carbocycles. The minimum absolute atomic E-state index is 0.111. The molecule has 6 nitrogen and oxygen atoms in total. The van der Waals surface area contributed by atoms with E-state index in [2.05, 4.69) is 0 Å². The molecule has 0 radical (unpaired) electrons. The maximum absolute atomic E-state index is 10.8. The van der Waals surface area contributed by atoms with Gasteiger partial charge in [-0.2, -0.15) is 0 Å². The van der Waals surface area contributed by atoms with Gasteiger partial charge < -0.3 is 10.8 Å². The van der Waals surface area contributed by atoms with E-state index in [4.69, 9.17) is 16.0 Å². The van der Waals surface area contributed by atoms with Crippen molar-refractivity contribution in [1.82, 2.24) is 0 Å². The lowest BCUT2D eigenvalue weighted by Crippen LogP contribution is -2.12. The summed E-state index contributed by atoms with van der Waals surface area (Å²) in [6.45, 7) is 1.99. The Kier molecular flexibility index (Phi) is 6.40. The summed E-state index contributed by atoms with van der Waals surface area (Å²) in [6, 6.07) is 6.16. The van der Waals surface area contributed by atoms with Gasteiger partial charge in [0.1, 0.15) is 0 Å². The molecule has 17 heavy (non-hydrogen) atoms. The first-order valence-corrected chi connectivity index (χ1v) is 6.39. The molecule has 96 valence electrons. The molecule has 0 aliphatic rings. The Hall–Kier alpha value is -1.44. The van der Waals surface area contributed by atoms with Crippen molar-refractivity contribution in [2.75, 3.05) is 0 Å². The van der Waals surface area contributed by atoms with Crippen molar-refractivity contribution in [1.29, 1.82) is 0 Å². The van der Waals surface area contributed by atoms with Crippen LogP contribution in [-0.2, 0) is 21.4 Å². The minimum Gasteiger partial charge on any atom is -0.481 e. The van der Waals surface area contributed by atoms with Crippen LogP contribution in [0.3, 0.4) is 0 Å². The number of aliphatic carboxylic acids is 1. The molecule has 0 aliphatic carbocycles. The fourth-order valence-electron chi connectivity index (χ4n) is 0.815. The molecule has 1 aromatic carbocycles. The maximum Gasteiger partial charge on any atom is 0.303 e. The first-order chi connectivity index (χ1) is 7.81. The van der Waals surface area contributed by atoms with E-state index in [1.54, 1.807) is 19.1 Å². The van der Waals surface area contributed by atoms with Crippen molar-refractivity contribution in [2.45, 2.75) is 24.8 Å². The summed E-state index contributed by atoms with van der Waals surface area (Å²) < 4.78 is 21.6. The molecule has 0 aromatic heterocycles. The maximum atomic E-state index is 10.8. The number of primary sulfonamides is 1. The zero-order valence-corrected chi connectivity index (χ0v) is 10.3. The van der Waals surface area contributed by atoms with Crippen molar-refractivity contribution in [2.24, 2.45) is 10.9 Å². The number of hydrogen-bond acceptors (Lipinski definition) is 4. The van der Waals surface area contributed by atoms with Crippen LogP contribution < -0.4 is 10.9 Å². The van der Waals surface area contributed by atoms with Gasteiger partial charge in [-0.25, -0.2) is 13.6 Å². The summed E-state index contributed by atoms with van der Waals surface area (Å²) in [5.74, 6) is -0.745. The van der Waals surface area contributed by atoms with Crippen LogP contribution in [0.4, 0.5) is 0 Å². The average Bonchev–Trinajstić information content (AvgIpc) is 2.29. The second-order valence-electron chi connectivity index (χ2n) is 3.14. The van der Waals surface area contributed by atoms with Crippen LogP contribution in [0.1, 0.15) is 18.9 Å². The van der Waals surface area contributed by atoms with Gasteiger partial charge >= 0.3 is 5.97 Å². The highest BCUT2D eigenvalue weighted by Gasteiger charge is 2.05. The highest BCUT2D eigenvalue weighted by Crippen LogP contribution is 2.07. The number of rotatable bonds is 3. The van der Waals surface area contributed by atoms with Crippen molar-refractivity contribution < 1.29 is 18.3 Å². The normalized spacial score (nSPS) is 10.3. The highest BCUT2D eigenvalue weighted by atomic mass is 32.2. The van der Waals surface area contributed by atoms with E-state index in [1.165, 1.54) is 12.1 Å². The molecular weight excluding hydrogens is 244 g/mol. The first-order valence-electron chi connectivity index (χ1n) is 4.84. The number of nitrogens with two attached hydrogens (primary N) is 2. The standard InChI is InChI=1S/C7H10N2O2S.C3H6O2/c8-5-6-1-3-7(4-2-6)12(9,10)11;1-2-3(4)5/h1-4H,5,8H2,(H2,9,10,11);2H2,1H3,(H,4,5). The van der Waals surface area contributed by atoms with E-state index < -0.39 is 16.0 Å².